The van der Waals surface area contributed by atoms with Crippen LogP contribution < -0.4 is 10.9 Å². The van der Waals surface area contributed by atoms with E-state index in [1.165, 1.54) is 11.8 Å². The van der Waals surface area contributed by atoms with Crippen molar-refractivity contribution in [3.63, 3.8) is 0 Å². The number of amides is 1. The Bertz CT molecular complexity index is 1110. The number of nitrogens with one attached hydrogen (secondary N) is 1. The summed E-state index contributed by atoms with van der Waals surface area (Å²) in [5, 5.41) is 16.5. The van der Waals surface area contributed by atoms with Crippen LogP contribution in [0.25, 0.3) is 10.8 Å². The number of benzene rings is 2. The number of nitrogens with zero attached hydrogens (tertiary/aromatic N) is 2. The van der Waals surface area contributed by atoms with Crippen LogP contribution in [0.3, 0.4) is 0 Å². The number of aliphatic hydroxyl groups excluding tert-OH is 1. The molecule has 9 heteroatoms. The van der Waals surface area contributed by atoms with Gasteiger partial charge < -0.3 is 15.2 Å². The molecule has 0 fully saturated rings. The minimum Gasteiger partial charge on any atom is -0.451 e. The third kappa shape index (κ3) is 4.64. The molecular weight excluding hydrogens is 394 g/mol. The molecule has 29 heavy (non-hydrogen) atoms. The van der Waals surface area contributed by atoms with Crippen LogP contribution in [-0.4, -0.2) is 46.2 Å². The minimum atomic E-state index is -0.832. The molecule has 1 amide bonds. The molecule has 3 aromatic rings. The second-order valence-electron chi connectivity index (χ2n) is 5.97. The van der Waals surface area contributed by atoms with Crippen molar-refractivity contribution >= 4 is 40.1 Å². The zero-order chi connectivity index (χ0) is 20.8. The number of para-hydroxylation sites is 1. The van der Waals surface area contributed by atoms with Crippen molar-refractivity contribution in [3.05, 3.63) is 64.6 Å². The summed E-state index contributed by atoms with van der Waals surface area (Å²) >= 11 is 1.48. The molecule has 0 aliphatic heterocycles. The Hall–Kier alpha value is -3.17. The van der Waals surface area contributed by atoms with E-state index in [1.807, 2.05) is 18.4 Å². The van der Waals surface area contributed by atoms with Gasteiger partial charge in [0.2, 0.25) is 0 Å². The lowest BCUT2D eigenvalue weighted by atomic mass is 10.1. The molecule has 3 rings (SSSR count). The number of carbonyl (C=O) groups is 2. The van der Waals surface area contributed by atoms with E-state index >= 15 is 0 Å². The molecule has 0 spiro atoms. The van der Waals surface area contributed by atoms with Crippen LogP contribution in [0.4, 0.5) is 5.69 Å². The first-order valence-electron chi connectivity index (χ1n) is 8.76. The molecule has 0 bridgehead atoms. The van der Waals surface area contributed by atoms with Crippen LogP contribution in [0.1, 0.15) is 10.5 Å². The SMILES string of the molecule is CSc1ccccc1NC(=O)COC(=O)c1nn(CCO)c(=O)c2ccccc12. The number of fused-ring (bicyclic) bond motifs is 1. The molecule has 8 nitrogen and oxygen atoms in total. The van der Waals surface area contributed by atoms with Gasteiger partial charge in [0.1, 0.15) is 0 Å². The quantitative estimate of drug-likeness (QED) is 0.450. The van der Waals surface area contributed by atoms with Crippen LogP contribution in [0.2, 0.25) is 0 Å². The highest BCUT2D eigenvalue weighted by Gasteiger charge is 2.19. The van der Waals surface area contributed by atoms with Crippen molar-refractivity contribution in [2.24, 2.45) is 0 Å². The molecule has 0 aliphatic carbocycles. The Morgan fingerprint density at radius 1 is 1.14 bits per heavy atom. The maximum atomic E-state index is 12.6. The Labute approximate surface area is 170 Å². The lowest BCUT2D eigenvalue weighted by Crippen LogP contribution is -2.28. The fourth-order valence-electron chi connectivity index (χ4n) is 2.77. The van der Waals surface area contributed by atoms with E-state index in [1.54, 1.807) is 36.4 Å². The number of ether oxygens (including phenoxy) is 1. The summed E-state index contributed by atoms with van der Waals surface area (Å²) in [6.45, 7) is -0.871. The molecule has 0 saturated heterocycles. The first-order valence-corrected chi connectivity index (χ1v) is 9.98. The lowest BCUT2D eigenvalue weighted by molar-refractivity contribution is -0.119. The summed E-state index contributed by atoms with van der Waals surface area (Å²) in [6, 6.07) is 13.8. The maximum Gasteiger partial charge on any atom is 0.359 e. The highest BCUT2D eigenvalue weighted by Crippen LogP contribution is 2.24. The largest absolute Gasteiger partial charge is 0.451 e. The van der Waals surface area contributed by atoms with Gasteiger partial charge in [0.05, 0.1) is 24.2 Å². The van der Waals surface area contributed by atoms with Crippen molar-refractivity contribution in [2.75, 3.05) is 24.8 Å². The lowest BCUT2D eigenvalue weighted by Gasteiger charge is -2.11. The van der Waals surface area contributed by atoms with E-state index in [0.717, 1.165) is 9.58 Å². The second-order valence-corrected chi connectivity index (χ2v) is 6.82. The van der Waals surface area contributed by atoms with Gasteiger partial charge in [-0.1, -0.05) is 30.3 Å². The van der Waals surface area contributed by atoms with Crippen LogP contribution in [0.5, 0.6) is 0 Å². The summed E-state index contributed by atoms with van der Waals surface area (Å²) < 4.78 is 6.13. The van der Waals surface area contributed by atoms with Gasteiger partial charge in [-0.05, 0) is 24.5 Å². The molecule has 2 N–H and O–H groups in total. The number of anilines is 1. The molecule has 0 saturated carbocycles. The summed E-state index contributed by atoms with van der Waals surface area (Å²) in [5.41, 5.74) is 0.115. The molecular formula is C20H19N3O5S. The van der Waals surface area contributed by atoms with Gasteiger partial charge in [0.25, 0.3) is 11.5 Å². The molecule has 0 atom stereocenters. The van der Waals surface area contributed by atoms with Gasteiger partial charge in [0.15, 0.2) is 12.3 Å². The molecule has 1 heterocycles. The number of aliphatic hydroxyl groups is 1. The van der Waals surface area contributed by atoms with E-state index in [9.17, 15) is 14.4 Å². The van der Waals surface area contributed by atoms with Crippen LogP contribution in [-0.2, 0) is 16.1 Å². The fraction of sp³-hybridized carbons (Fsp3) is 0.200. The van der Waals surface area contributed by atoms with Crippen molar-refractivity contribution < 1.29 is 19.4 Å². The first-order chi connectivity index (χ1) is 14.0. The standard InChI is InChI=1S/C20H19N3O5S/c1-29-16-9-5-4-8-15(16)21-17(25)12-28-20(27)18-13-6-2-3-7-14(13)19(26)23(22-18)10-11-24/h2-9,24H,10-12H2,1H3,(H,21,25). The third-order valence-electron chi connectivity index (χ3n) is 4.09. The second kappa shape index (κ2) is 9.35. The number of carbonyl (C=O) groups excluding carboxylic acids is 2. The summed E-state index contributed by atoms with van der Waals surface area (Å²) in [4.78, 5) is 38.0. The van der Waals surface area contributed by atoms with Crippen molar-refractivity contribution in [2.45, 2.75) is 11.4 Å². The number of esters is 1. The topological polar surface area (TPSA) is 111 Å². The van der Waals surface area contributed by atoms with Crippen LogP contribution >= 0.6 is 11.8 Å². The number of hydrogen-bond donors (Lipinski definition) is 2. The molecule has 150 valence electrons. The van der Waals surface area contributed by atoms with Gasteiger partial charge in [-0.25, -0.2) is 9.48 Å². The van der Waals surface area contributed by atoms with Crippen LogP contribution in [0.15, 0.2) is 58.2 Å². The number of rotatable bonds is 7. The fourth-order valence-corrected chi connectivity index (χ4v) is 3.32. The van der Waals surface area contributed by atoms with E-state index in [4.69, 9.17) is 9.84 Å². The zero-order valence-electron chi connectivity index (χ0n) is 15.6. The molecule has 1 aromatic heterocycles. The Balaban J connectivity index is 1.78. The third-order valence-corrected chi connectivity index (χ3v) is 4.88. The summed E-state index contributed by atoms with van der Waals surface area (Å²) in [7, 11) is 0. The van der Waals surface area contributed by atoms with Crippen molar-refractivity contribution in [1.29, 1.82) is 0 Å². The van der Waals surface area contributed by atoms with E-state index in [2.05, 4.69) is 10.4 Å². The van der Waals surface area contributed by atoms with Gasteiger partial charge >= 0.3 is 5.97 Å². The average molecular weight is 413 g/mol. The molecule has 0 unspecified atom stereocenters. The van der Waals surface area contributed by atoms with E-state index < -0.39 is 24.0 Å². The molecule has 2 aromatic carbocycles. The Kier molecular flexibility index (Phi) is 6.63. The zero-order valence-corrected chi connectivity index (χ0v) is 16.4. The van der Waals surface area contributed by atoms with Gasteiger partial charge in [-0.2, -0.15) is 5.10 Å². The predicted octanol–water partition coefficient (Wildman–Crippen LogP) is 1.91. The number of aromatic nitrogens is 2. The average Bonchev–Trinajstić information content (AvgIpc) is 2.74. The highest BCUT2D eigenvalue weighted by molar-refractivity contribution is 7.98. The smallest absolute Gasteiger partial charge is 0.359 e. The molecule has 0 radical (unpaired) electrons. The van der Waals surface area contributed by atoms with Gasteiger partial charge in [0, 0.05) is 10.3 Å². The van der Waals surface area contributed by atoms with E-state index in [0.29, 0.717) is 11.1 Å². The Morgan fingerprint density at radius 2 is 1.83 bits per heavy atom. The van der Waals surface area contributed by atoms with Crippen molar-refractivity contribution in [1.82, 2.24) is 9.78 Å². The number of hydrogen-bond acceptors (Lipinski definition) is 7. The summed E-state index contributed by atoms with van der Waals surface area (Å²) in [6.07, 6.45) is 1.89. The van der Waals surface area contributed by atoms with Crippen LogP contribution in [0, 0.1) is 0 Å². The Morgan fingerprint density at radius 3 is 2.55 bits per heavy atom. The normalized spacial score (nSPS) is 10.7. The first kappa shape index (κ1) is 20.6. The van der Waals surface area contributed by atoms with E-state index in [-0.39, 0.29) is 24.2 Å². The highest BCUT2D eigenvalue weighted by atomic mass is 32.2. The van der Waals surface area contributed by atoms with Crippen molar-refractivity contribution in [3.8, 4) is 0 Å². The minimum absolute atomic E-state index is 0.0596. The summed E-state index contributed by atoms with van der Waals surface area (Å²) in [5.74, 6) is -1.32. The van der Waals surface area contributed by atoms with Gasteiger partial charge in [-0.3, -0.25) is 9.59 Å². The predicted molar refractivity (Wildman–Crippen MR) is 110 cm³/mol. The molecule has 0 aliphatic rings. The maximum absolute atomic E-state index is 12.6. The monoisotopic (exact) mass is 413 g/mol. The number of thioether (sulfide) groups is 1. The van der Waals surface area contributed by atoms with Gasteiger partial charge in [-0.15, -0.1) is 11.8 Å².